The molecule has 0 radical (unpaired) electrons. The predicted molar refractivity (Wildman–Crippen MR) is 84.2 cm³/mol. The lowest BCUT2D eigenvalue weighted by Gasteiger charge is -2.21. The standard InChI is InChI=1S/C14H22IN3/c1-10(2)7-16-8-11-9-17-18-14(11)12-5-3-4-6-13(12)15/h3-6,10-11,14,16-18H,7-9H2,1-2H3. The summed E-state index contributed by atoms with van der Waals surface area (Å²) in [6.07, 6.45) is 0. The molecule has 1 aliphatic heterocycles. The zero-order valence-corrected chi connectivity index (χ0v) is 13.2. The predicted octanol–water partition coefficient (Wildman–Crippen LogP) is 2.30. The van der Waals surface area contributed by atoms with E-state index in [-0.39, 0.29) is 0 Å². The summed E-state index contributed by atoms with van der Waals surface area (Å²) in [7, 11) is 0. The molecule has 1 aromatic carbocycles. The van der Waals surface area contributed by atoms with Gasteiger partial charge in [0.1, 0.15) is 0 Å². The Labute approximate surface area is 123 Å². The molecule has 1 aliphatic rings. The SMILES string of the molecule is CC(C)CNCC1CNNC1c1ccccc1I. The van der Waals surface area contributed by atoms with Crippen LogP contribution < -0.4 is 16.2 Å². The number of nitrogens with one attached hydrogen (secondary N) is 3. The molecule has 3 nitrogen and oxygen atoms in total. The number of hydrogen-bond acceptors (Lipinski definition) is 3. The van der Waals surface area contributed by atoms with Crippen LogP contribution in [0.15, 0.2) is 24.3 Å². The van der Waals surface area contributed by atoms with Crippen molar-refractivity contribution in [2.75, 3.05) is 19.6 Å². The van der Waals surface area contributed by atoms with E-state index in [0.717, 1.165) is 19.6 Å². The fourth-order valence-corrected chi connectivity index (χ4v) is 3.06. The second-order valence-corrected chi connectivity index (χ2v) is 6.50. The molecule has 0 saturated carbocycles. The van der Waals surface area contributed by atoms with Gasteiger partial charge in [-0.25, -0.2) is 5.43 Å². The summed E-state index contributed by atoms with van der Waals surface area (Å²) in [6.45, 7) is 7.68. The van der Waals surface area contributed by atoms with E-state index in [4.69, 9.17) is 0 Å². The Hall–Kier alpha value is -0.170. The highest BCUT2D eigenvalue weighted by atomic mass is 127. The van der Waals surface area contributed by atoms with E-state index in [1.165, 1.54) is 9.13 Å². The summed E-state index contributed by atoms with van der Waals surface area (Å²) in [5, 5.41) is 3.56. The van der Waals surface area contributed by atoms with Crippen LogP contribution in [0.2, 0.25) is 0 Å². The van der Waals surface area contributed by atoms with Gasteiger partial charge in [-0.3, -0.25) is 5.43 Å². The molecule has 3 N–H and O–H groups in total. The number of halogens is 1. The van der Waals surface area contributed by atoms with Crippen molar-refractivity contribution >= 4 is 22.6 Å². The minimum Gasteiger partial charge on any atom is -0.316 e. The molecule has 1 saturated heterocycles. The number of hydrogen-bond donors (Lipinski definition) is 3. The average Bonchev–Trinajstić information content (AvgIpc) is 2.77. The number of benzene rings is 1. The molecule has 0 aromatic heterocycles. The zero-order valence-electron chi connectivity index (χ0n) is 11.0. The summed E-state index contributed by atoms with van der Waals surface area (Å²) in [5.41, 5.74) is 8.10. The van der Waals surface area contributed by atoms with Crippen molar-refractivity contribution in [1.82, 2.24) is 16.2 Å². The molecule has 0 spiro atoms. The van der Waals surface area contributed by atoms with Gasteiger partial charge >= 0.3 is 0 Å². The molecule has 18 heavy (non-hydrogen) atoms. The third-order valence-corrected chi connectivity index (χ3v) is 4.28. The lowest BCUT2D eigenvalue weighted by Crippen LogP contribution is -2.31. The van der Waals surface area contributed by atoms with Crippen LogP contribution in [-0.4, -0.2) is 19.6 Å². The van der Waals surface area contributed by atoms with Gasteiger partial charge in [-0.15, -0.1) is 0 Å². The molecule has 2 unspecified atom stereocenters. The Morgan fingerprint density at radius 2 is 2.17 bits per heavy atom. The maximum absolute atomic E-state index is 3.56. The van der Waals surface area contributed by atoms with Crippen LogP contribution in [-0.2, 0) is 0 Å². The van der Waals surface area contributed by atoms with Crippen molar-refractivity contribution in [2.24, 2.45) is 11.8 Å². The van der Waals surface area contributed by atoms with Crippen molar-refractivity contribution < 1.29 is 0 Å². The molecule has 0 amide bonds. The second-order valence-electron chi connectivity index (χ2n) is 5.34. The van der Waals surface area contributed by atoms with Crippen molar-refractivity contribution in [2.45, 2.75) is 19.9 Å². The van der Waals surface area contributed by atoms with E-state index in [0.29, 0.717) is 17.9 Å². The molecular weight excluding hydrogens is 337 g/mol. The van der Waals surface area contributed by atoms with E-state index in [2.05, 4.69) is 76.9 Å². The summed E-state index contributed by atoms with van der Waals surface area (Å²) in [4.78, 5) is 0. The molecule has 2 atom stereocenters. The van der Waals surface area contributed by atoms with Gasteiger partial charge in [-0.05, 0) is 46.7 Å². The summed E-state index contributed by atoms with van der Waals surface area (Å²) in [6, 6.07) is 9.03. The monoisotopic (exact) mass is 359 g/mol. The lowest BCUT2D eigenvalue weighted by molar-refractivity contribution is 0.424. The quantitative estimate of drug-likeness (QED) is 0.707. The van der Waals surface area contributed by atoms with Gasteiger partial charge < -0.3 is 5.32 Å². The Bertz CT molecular complexity index is 381. The first-order valence-electron chi connectivity index (χ1n) is 6.62. The van der Waals surface area contributed by atoms with Crippen LogP contribution in [0.4, 0.5) is 0 Å². The minimum atomic E-state index is 0.415. The highest BCUT2D eigenvalue weighted by Crippen LogP contribution is 2.27. The van der Waals surface area contributed by atoms with E-state index < -0.39 is 0 Å². The average molecular weight is 359 g/mol. The fourth-order valence-electron chi connectivity index (χ4n) is 2.34. The molecule has 0 bridgehead atoms. The van der Waals surface area contributed by atoms with E-state index in [1.807, 2.05) is 0 Å². The van der Waals surface area contributed by atoms with Crippen LogP contribution in [0.1, 0.15) is 25.5 Å². The summed E-state index contributed by atoms with van der Waals surface area (Å²) < 4.78 is 1.34. The van der Waals surface area contributed by atoms with E-state index in [9.17, 15) is 0 Å². The van der Waals surface area contributed by atoms with Crippen LogP contribution in [0, 0.1) is 15.4 Å². The van der Waals surface area contributed by atoms with E-state index >= 15 is 0 Å². The third kappa shape index (κ3) is 3.66. The first-order valence-corrected chi connectivity index (χ1v) is 7.70. The molecule has 1 heterocycles. The van der Waals surface area contributed by atoms with Gasteiger partial charge in [0.05, 0.1) is 6.04 Å². The Morgan fingerprint density at radius 1 is 1.39 bits per heavy atom. The topological polar surface area (TPSA) is 36.1 Å². The Balaban J connectivity index is 1.97. The zero-order chi connectivity index (χ0) is 13.0. The first kappa shape index (κ1) is 14.2. The van der Waals surface area contributed by atoms with Gasteiger partial charge in [0.25, 0.3) is 0 Å². The summed E-state index contributed by atoms with van der Waals surface area (Å²) in [5.74, 6) is 1.32. The second kappa shape index (κ2) is 6.84. The third-order valence-electron chi connectivity index (χ3n) is 3.29. The van der Waals surface area contributed by atoms with Crippen molar-refractivity contribution in [3.8, 4) is 0 Å². The largest absolute Gasteiger partial charge is 0.316 e. The number of hydrazine groups is 1. The van der Waals surface area contributed by atoms with Crippen LogP contribution in [0.3, 0.4) is 0 Å². The van der Waals surface area contributed by atoms with Crippen molar-refractivity contribution in [3.63, 3.8) is 0 Å². The minimum absolute atomic E-state index is 0.415. The highest BCUT2D eigenvalue weighted by Gasteiger charge is 2.28. The van der Waals surface area contributed by atoms with Gasteiger partial charge in [-0.2, -0.15) is 0 Å². The van der Waals surface area contributed by atoms with E-state index in [1.54, 1.807) is 0 Å². The van der Waals surface area contributed by atoms with Gasteiger partial charge in [-0.1, -0.05) is 32.0 Å². The van der Waals surface area contributed by atoms with Crippen LogP contribution in [0.25, 0.3) is 0 Å². The van der Waals surface area contributed by atoms with Crippen LogP contribution in [0.5, 0.6) is 0 Å². The normalized spacial score (nSPS) is 23.8. The molecule has 1 aromatic rings. The lowest BCUT2D eigenvalue weighted by atomic mass is 9.95. The maximum Gasteiger partial charge on any atom is 0.0525 e. The first-order chi connectivity index (χ1) is 8.68. The van der Waals surface area contributed by atoms with Crippen LogP contribution >= 0.6 is 22.6 Å². The molecule has 4 heteroatoms. The Kier molecular flexibility index (Phi) is 5.41. The number of rotatable bonds is 5. The highest BCUT2D eigenvalue weighted by molar-refractivity contribution is 14.1. The Morgan fingerprint density at radius 3 is 2.89 bits per heavy atom. The smallest absolute Gasteiger partial charge is 0.0525 e. The van der Waals surface area contributed by atoms with Crippen molar-refractivity contribution in [3.05, 3.63) is 33.4 Å². The molecule has 0 aliphatic carbocycles. The fraction of sp³-hybridized carbons (Fsp3) is 0.571. The van der Waals surface area contributed by atoms with Crippen molar-refractivity contribution in [1.29, 1.82) is 0 Å². The summed E-state index contributed by atoms with van der Waals surface area (Å²) >= 11 is 2.42. The molecule has 1 fully saturated rings. The molecule has 100 valence electrons. The van der Waals surface area contributed by atoms with Gasteiger partial charge in [0.2, 0.25) is 0 Å². The molecular formula is C14H22IN3. The molecule has 2 rings (SSSR count). The van der Waals surface area contributed by atoms with Gasteiger partial charge in [0, 0.05) is 22.6 Å². The maximum atomic E-state index is 3.56. The van der Waals surface area contributed by atoms with Gasteiger partial charge in [0.15, 0.2) is 0 Å².